The van der Waals surface area contributed by atoms with Gasteiger partial charge in [0, 0.05) is 18.2 Å². The number of benzene rings is 1. The van der Waals surface area contributed by atoms with Crippen LogP contribution in [0.25, 0.3) is 11.3 Å². The maximum absolute atomic E-state index is 11.1. The maximum Gasteiger partial charge on any atom is 0.358 e. The number of rotatable bonds is 2. The van der Waals surface area contributed by atoms with Gasteiger partial charge in [-0.15, -0.1) is 0 Å². The number of carbonyl (C=O) groups excluding carboxylic acids is 1. The Morgan fingerprint density at radius 2 is 1.88 bits per heavy atom. The Hall–Kier alpha value is -2.10. The molecule has 0 unspecified atom stereocenters. The Morgan fingerprint density at radius 1 is 1.25 bits per heavy atom. The van der Waals surface area contributed by atoms with Crippen LogP contribution in [0.3, 0.4) is 0 Å². The SMILES string of the molecule is CC(=O)c1ccc(-c2cc(=O)on2C)cc1. The van der Waals surface area contributed by atoms with Crippen LogP contribution in [0.2, 0.25) is 0 Å². The van der Waals surface area contributed by atoms with Crippen LogP contribution in [0.15, 0.2) is 39.6 Å². The van der Waals surface area contributed by atoms with Crippen molar-refractivity contribution in [2.24, 2.45) is 7.05 Å². The van der Waals surface area contributed by atoms with Gasteiger partial charge < -0.3 is 4.52 Å². The van der Waals surface area contributed by atoms with E-state index in [1.807, 2.05) is 0 Å². The summed E-state index contributed by atoms with van der Waals surface area (Å²) < 4.78 is 6.25. The standard InChI is InChI=1S/C12H11NO3/c1-8(14)9-3-5-10(6-4-9)11-7-12(15)16-13(11)2/h3-7H,1-2H3. The zero-order valence-corrected chi connectivity index (χ0v) is 9.06. The summed E-state index contributed by atoms with van der Waals surface area (Å²) in [4.78, 5) is 22.1. The fraction of sp³-hybridized carbons (Fsp3) is 0.167. The number of nitrogens with zero attached hydrogens (tertiary/aromatic N) is 1. The summed E-state index contributed by atoms with van der Waals surface area (Å²) >= 11 is 0. The van der Waals surface area contributed by atoms with E-state index >= 15 is 0 Å². The summed E-state index contributed by atoms with van der Waals surface area (Å²) in [5, 5.41) is 0. The van der Waals surface area contributed by atoms with E-state index < -0.39 is 0 Å². The average Bonchev–Trinajstić information content (AvgIpc) is 2.58. The van der Waals surface area contributed by atoms with Crippen molar-refractivity contribution in [3.63, 3.8) is 0 Å². The van der Waals surface area contributed by atoms with Crippen molar-refractivity contribution in [1.82, 2.24) is 4.74 Å². The van der Waals surface area contributed by atoms with Crippen LogP contribution >= 0.6 is 0 Å². The molecular weight excluding hydrogens is 206 g/mol. The minimum Gasteiger partial charge on any atom is -0.336 e. The number of aryl methyl sites for hydroxylation is 1. The van der Waals surface area contributed by atoms with Crippen LogP contribution in [-0.4, -0.2) is 10.5 Å². The van der Waals surface area contributed by atoms with Crippen LogP contribution in [-0.2, 0) is 7.05 Å². The van der Waals surface area contributed by atoms with Gasteiger partial charge in [-0.1, -0.05) is 24.3 Å². The summed E-state index contributed by atoms with van der Waals surface area (Å²) in [6, 6.07) is 8.47. The third kappa shape index (κ3) is 1.82. The fourth-order valence-corrected chi connectivity index (χ4v) is 1.55. The van der Waals surface area contributed by atoms with Gasteiger partial charge in [0.1, 0.15) is 0 Å². The monoisotopic (exact) mass is 217 g/mol. The molecule has 4 nitrogen and oxygen atoms in total. The topological polar surface area (TPSA) is 52.2 Å². The lowest BCUT2D eigenvalue weighted by Gasteiger charge is -2.01. The van der Waals surface area contributed by atoms with Gasteiger partial charge in [-0.3, -0.25) is 4.79 Å². The largest absolute Gasteiger partial charge is 0.358 e. The second-order valence-electron chi connectivity index (χ2n) is 3.57. The highest BCUT2D eigenvalue weighted by Gasteiger charge is 2.06. The smallest absolute Gasteiger partial charge is 0.336 e. The van der Waals surface area contributed by atoms with E-state index in [0.29, 0.717) is 11.3 Å². The summed E-state index contributed by atoms with van der Waals surface area (Å²) in [5.41, 5.74) is 1.81. The number of ketones is 1. The Labute approximate surface area is 92.1 Å². The molecule has 0 aliphatic rings. The molecule has 0 aliphatic heterocycles. The minimum atomic E-state index is -0.381. The fourth-order valence-electron chi connectivity index (χ4n) is 1.55. The van der Waals surface area contributed by atoms with Crippen molar-refractivity contribution in [2.75, 3.05) is 0 Å². The first-order valence-electron chi connectivity index (χ1n) is 4.86. The molecule has 0 amide bonds. The predicted octanol–water partition coefficient (Wildman–Crippen LogP) is 1.85. The first-order valence-corrected chi connectivity index (χ1v) is 4.86. The number of hydrogen-bond acceptors (Lipinski definition) is 3. The van der Waals surface area contributed by atoms with Crippen LogP contribution < -0.4 is 5.63 Å². The van der Waals surface area contributed by atoms with Crippen molar-refractivity contribution in [3.8, 4) is 11.3 Å². The number of hydrogen-bond donors (Lipinski definition) is 0. The minimum absolute atomic E-state index is 0.0210. The van der Waals surface area contributed by atoms with Crippen molar-refractivity contribution in [1.29, 1.82) is 0 Å². The van der Waals surface area contributed by atoms with E-state index in [4.69, 9.17) is 4.52 Å². The molecule has 4 heteroatoms. The number of aromatic nitrogens is 1. The molecular formula is C12H11NO3. The lowest BCUT2D eigenvalue weighted by Crippen LogP contribution is -1.93. The Kier molecular flexibility index (Phi) is 2.48. The van der Waals surface area contributed by atoms with Gasteiger partial charge in [0.05, 0.1) is 11.8 Å². The number of Topliss-reactive ketones (excluding diaryl/α,β-unsaturated/α-hetero) is 1. The third-order valence-corrected chi connectivity index (χ3v) is 2.41. The normalized spacial score (nSPS) is 10.4. The highest BCUT2D eigenvalue weighted by atomic mass is 16.5. The molecule has 0 fully saturated rings. The van der Waals surface area contributed by atoms with Gasteiger partial charge in [-0.2, -0.15) is 0 Å². The first-order chi connectivity index (χ1) is 7.58. The van der Waals surface area contributed by atoms with Crippen LogP contribution in [0.4, 0.5) is 0 Å². The van der Waals surface area contributed by atoms with E-state index in [1.165, 1.54) is 17.7 Å². The third-order valence-electron chi connectivity index (χ3n) is 2.41. The van der Waals surface area contributed by atoms with Gasteiger partial charge in [-0.25, -0.2) is 9.53 Å². The van der Waals surface area contributed by atoms with Crippen molar-refractivity contribution < 1.29 is 9.32 Å². The zero-order chi connectivity index (χ0) is 11.7. The van der Waals surface area contributed by atoms with Gasteiger partial charge in [0.25, 0.3) is 0 Å². The molecule has 0 saturated carbocycles. The van der Waals surface area contributed by atoms with E-state index in [2.05, 4.69) is 0 Å². The Bertz CT molecular complexity index is 575. The molecule has 0 saturated heterocycles. The van der Waals surface area contributed by atoms with Crippen molar-refractivity contribution in [2.45, 2.75) is 6.92 Å². The quantitative estimate of drug-likeness (QED) is 0.721. The molecule has 82 valence electrons. The first kappa shape index (κ1) is 10.4. The highest BCUT2D eigenvalue weighted by Crippen LogP contribution is 2.18. The van der Waals surface area contributed by atoms with Gasteiger partial charge in [0.2, 0.25) is 0 Å². The molecule has 0 spiro atoms. The van der Waals surface area contributed by atoms with Gasteiger partial charge >= 0.3 is 5.63 Å². The van der Waals surface area contributed by atoms with E-state index in [-0.39, 0.29) is 11.4 Å². The van der Waals surface area contributed by atoms with Crippen LogP contribution in [0.1, 0.15) is 17.3 Å². The summed E-state index contributed by atoms with van der Waals surface area (Å²) in [6.07, 6.45) is 0. The maximum atomic E-state index is 11.1. The lowest BCUT2D eigenvalue weighted by molar-refractivity contribution is 0.101. The lowest BCUT2D eigenvalue weighted by atomic mass is 10.1. The second kappa shape index (κ2) is 3.81. The molecule has 2 rings (SSSR count). The summed E-state index contributed by atoms with van der Waals surface area (Å²) in [5.74, 6) is 0.0210. The zero-order valence-electron chi connectivity index (χ0n) is 9.06. The average molecular weight is 217 g/mol. The van der Waals surface area contributed by atoms with Crippen LogP contribution in [0.5, 0.6) is 0 Å². The highest BCUT2D eigenvalue weighted by molar-refractivity contribution is 5.94. The van der Waals surface area contributed by atoms with E-state index in [9.17, 15) is 9.59 Å². The molecule has 2 aromatic rings. The van der Waals surface area contributed by atoms with Gasteiger partial charge in [-0.05, 0) is 6.92 Å². The molecule has 0 atom stereocenters. The Balaban J connectivity index is 2.46. The van der Waals surface area contributed by atoms with E-state index in [1.54, 1.807) is 31.3 Å². The van der Waals surface area contributed by atoms with Crippen molar-refractivity contribution >= 4 is 5.78 Å². The summed E-state index contributed by atoms with van der Waals surface area (Å²) in [7, 11) is 1.66. The summed E-state index contributed by atoms with van der Waals surface area (Å²) in [6.45, 7) is 1.52. The van der Waals surface area contributed by atoms with Crippen molar-refractivity contribution in [3.05, 3.63) is 46.3 Å². The molecule has 1 heterocycles. The molecule has 0 aliphatic carbocycles. The predicted molar refractivity (Wildman–Crippen MR) is 59.4 cm³/mol. The Morgan fingerprint density at radius 3 is 2.31 bits per heavy atom. The second-order valence-corrected chi connectivity index (χ2v) is 3.57. The molecule has 1 aromatic heterocycles. The molecule has 0 bridgehead atoms. The molecule has 0 N–H and O–H groups in total. The number of carbonyl (C=O) groups is 1. The van der Waals surface area contributed by atoms with Crippen LogP contribution in [0, 0.1) is 0 Å². The van der Waals surface area contributed by atoms with E-state index in [0.717, 1.165) is 5.56 Å². The molecule has 16 heavy (non-hydrogen) atoms. The molecule has 1 aromatic carbocycles. The van der Waals surface area contributed by atoms with Gasteiger partial charge in [0.15, 0.2) is 5.78 Å². The molecule has 0 radical (unpaired) electrons.